The molecule has 31 heavy (non-hydrogen) atoms. The summed E-state index contributed by atoms with van der Waals surface area (Å²) in [5, 5.41) is 17.3. The molecule has 0 radical (unpaired) electrons. The minimum atomic E-state index is 0.172. The van der Waals surface area contributed by atoms with Crippen LogP contribution >= 0.6 is 0 Å². The number of pyridine rings is 1. The minimum absolute atomic E-state index is 0.172. The molecule has 0 fully saturated rings. The monoisotopic (exact) mass is 412 g/mol. The number of anilines is 1. The van der Waals surface area contributed by atoms with Gasteiger partial charge in [-0.3, -0.25) is 9.08 Å². The highest BCUT2D eigenvalue weighted by atomic mass is 16.5. The molecule has 0 saturated carbocycles. The summed E-state index contributed by atoms with van der Waals surface area (Å²) in [5.41, 5.74) is 6.48. The Morgan fingerprint density at radius 3 is 2.81 bits per heavy atom. The van der Waals surface area contributed by atoms with Gasteiger partial charge in [0.1, 0.15) is 17.5 Å². The number of imidazole rings is 1. The molecule has 1 N–H and O–H groups in total. The predicted octanol–water partition coefficient (Wildman–Crippen LogP) is 3.40. The van der Waals surface area contributed by atoms with E-state index >= 15 is 0 Å². The van der Waals surface area contributed by atoms with Crippen LogP contribution in [-0.2, 0) is 13.6 Å². The molecule has 1 unspecified atom stereocenters. The Morgan fingerprint density at radius 1 is 1.19 bits per heavy atom. The third-order valence-electron chi connectivity index (χ3n) is 6.18. The molecular weight excluding hydrogens is 392 g/mol. The number of hydrogen-bond donors (Lipinski definition) is 1. The first-order valence-corrected chi connectivity index (χ1v) is 10.2. The number of fused-ring (bicyclic) bond motifs is 3. The van der Waals surface area contributed by atoms with Gasteiger partial charge in [-0.15, -0.1) is 0 Å². The molecule has 8 heteroatoms. The smallest absolute Gasteiger partial charge is 0.161 e. The number of nitrogens with zero attached hydrogens (tertiary/aromatic N) is 5. The number of hydrogen-bond acceptors (Lipinski definition) is 6. The van der Waals surface area contributed by atoms with Crippen LogP contribution in [0.3, 0.4) is 0 Å². The lowest BCUT2D eigenvalue weighted by molar-refractivity contribution is 0.249. The van der Waals surface area contributed by atoms with Crippen molar-refractivity contribution in [3.63, 3.8) is 0 Å². The lowest BCUT2D eigenvalue weighted by Crippen LogP contribution is -2.13. The molecular formula is C23H20N6O2. The Kier molecular flexibility index (Phi) is 3.74. The third-order valence-corrected chi connectivity index (χ3v) is 6.18. The first-order chi connectivity index (χ1) is 15.1. The van der Waals surface area contributed by atoms with Crippen molar-refractivity contribution in [3.8, 4) is 28.8 Å². The molecule has 2 aliphatic rings. The zero-order valence-electron chi connectivity index (χ0n) is 17.2. The van der Waals surface area contributed by atoms with E-state index in [1.54, 1.807) is 17.1 Å². The van der Waals surface area contributed by atoms with Crippen LogP contribution in [0.4, 0.5) is 5.82 Å². The van der Waals surface area contributed by atoms with E-state index < -0.39 is 0 Å². The summed E-state index contributed by atoms with van der Waals surface area (Å²) in [5.74, 6) is 2.61. The van der Waals surface area contributed by atoms with Gasteiger partial charge in [0, 0.05) is 37.1 Å². The van der Waals surface area contributed by atoms with Gasteiger partial charge in [0.15, 0.2) is 17.3 Å². The summed E-state index contributed by atoms with van der Waals surface area (Å²) in [6, 6.07) is 10.2. The van der Waals surface area contributed by atoms with Crippen LogP contribution in [0.15, 0.2) is 36.7 Å². The van der Waals surface area contributed by atoms with Crippen LogP contribution in [0.5, 0.6) is 11.5 Å². The summed E-state index contributed by atoms with van der Waals surface area (Å²) in [7, 11) is 1.89. The maximum absolute atomic E-state index is 9.49. The Morgan fingerprint density at radius 2 is 2.03 bits per heavy atom. The van der Waals surface area contributed by atoms with Crippen molar-refractivity contribution >= 4 is 11.5 Å². The Bertz CT molecular complexity index is 1390. The molecule has 0 amide bonds. The van der Waals surface area contributed by atoms with Gasteiger partial charge in [-0.25, -0.2) is 4.98 Å². The van der Waals surface area contributed by atoms with Gasteiger partial charge in [-0.1, -0.05) is 6.07 Å². The van der Waals surface area contributed by atoms with E-state index in [0.29, 0.717) is 36.8 Å². The molecule has 4 aromatic rings. The van der Waals surface area contributed by atoms with Crippen molar-refractivity contribution in [1.82, 2.24) is 19.2 Å². The second-order valence-electron chi connectivity index (χ2n) is 7.99. The van der Waals surface area contributed by atoms with Crippen molar-refractivity contribution < 1.29 is 9.47 Å². The number of aryl methyl sites for hydroxylation is 2. The second-order valence-corrected chi connectivity index (χ2v) is 7.99. The van der Waals surface area contributed by atoms with E-state index in [-0.39, 0.29) is 5.92 Å². The van der Waals surface area contributed by atoms with E-state index in [2.05, 4.69) is 34.5 Å². The number of nitriles is 1. The molecule has 0 bridgehead atoms. The lowest BCUT2D eigenvalue weighted by Gasteiger charge is -2.17. The zero-order valence-corrected chi connectivity index (χ0v) is 17.2. The van der Waals surface area contributed by atoms with E-state index in [0.717, 1.165) is 22.8 Å². The van der Waals surface area contributed by atoms with Gasteiger partial charge in [-0.05, 0) is 36.2 Å². The number of benzene rings is 1. The van der Waals surface area contributed by atoms with Crippen LogP contribution in [0.2, 0.25) is 0 Å². The summed E-state index contributed by atoms with van der Waals surface area (Å²) in [4.78, 5) is 4.56. The fraction of sp³-hybridized carbons (Fsp3) is 0.261. The average molecular weight is 412 g/mol. The van der Waals surface area contributed by atoms with Crippen molar-refractivity contribution in [1.29, 1.82) is 5.26 Å². The molecule has 0 saturated heterocycles. The summed E-state index contributed by atoms with van der Waals surface area (Å²) < 4.78 is 16.0. The molecule has 5 heterocycles. The van der Waals surface area contributed by atoms with Gasteiger partial charge in [-0.2, -0.15) is 10.4 Å². The normalized spacial score (nSPS) is 16.7. The third kappa shape index (κ3) is 2.60. The molecule has 8 nitrogen and oxygen atoms in total. The Balaban J connectivity index is 1.57. The number of rotatable bonds is 1. The predicted molar refractivity (Wildman–Crippen MR) is 114 cm³/mol. The van der Waals surface area contributed by atoms with E-state index in [1.165, 1.54) is 16.7 Å². The Hall–Kier alpha value is -3.99. The SMILES string of the molecule is Cc1ccc2c3c1CNc1c(cc(-c4ccnn4C)c4nc(C#N)cn14)OCC3CO2. The highest BCUT2D eigenvalue weighted by Gasteiger charge is 2.31. The van der Waals surface area contributed by atoms with Crippen LogP contribution < -0.4 is 14.8 Å². The first-order valence-electron chi connectivity index (χ1n) is 10.2. The first kappa shape index (κ1) is 17.8. The van der Waals surface area contributed by atoms with Gasteiger partial charge >= 0.3 is 0 Å². The topological polar surface area (TPSA) is 89.4 Å². The summed E-state index contributed by atoms with van der Waals surface area (Å²) in [6.07, 6.45) is 3.50. The largest absolute Gasteiger partial charge is 0.493 e. The fourth-order valence-corrected chi connectivity index (χ4v) is 4.61. The number of aromatic nitrogens is 4. The van der Waals surface area contributed by atoms with Crippen molar-refractivity contribution in [2.75, 3.05) is 18.5 Å². The molecule has 154 valence electrons. The van der Waals surface area contributed by atoms with Gasteiger partial charge < -0.3 is 14.8 Å². The highest BCUT2D eigenvalue weighted by Crippen LogP contribution is 2.42. The molecule has 0 aliphatic carbocycles. The quantitative estimate of drug-likeness (QED) is 0.515. The molecule has 6 rings (SSSR count). The van der Waals surface area contributed by atoms with Crippen LogP contribution in [0.25, 0.3) is 16.9 Å². The van der Waals surface area contributed by atoms with Crippen molar-refractivity contribution in [2.24, 2.45) is 7.05 Å². The maximum atomic E-state index is 9.49. The van der Waals surface area contributed by atoms with Crippen LogP contribution in [-0.4, -0.2) is 32.4 Å². The number of nitrogens with one attached hydrogen (secondary N) is 1. The van der Waals surface area contributed by atoms with E-state index in [4.69, 9.17) is 9.47 Å². The standard InChI is InChI=1S/C23H20N6O2/c1-13-3-4-19-21-14(11-30-19)12-31-20-7-16(18-5-6-26-28(18)2)22-27-15(8-24)10-29(22)23(20)25-9-17(13)21/h3-7,10,14,25H,9,11-12H2,1-2H3. The molecule has 1 aromatic carbocycles. The van der Waals surface area contributed by atoms with Crippen LogP contribution in [0, 0.1) is 18.3 Å². The molecule has 1 atom stereocenters. The van der Waals surface area contributed by atoms with Gasteiger partial charge in [0.05, 0.1) is 24.8 Å². The van der Waals surface area contributed by atoms with Crippen molar-refractivity contribution in [2.45, 2.75) is 19.4 Å². The molecule has 2 aliphatic heterocycles. The summed E-state index contributed by atoms with van der Waals surface area (Å²) in [6.45, 7) is 3.87. The molecule has 3 aromatic heterocycles. The second kappa shape index (κ2) is 6.51. The summed E-state index contributed by atoms with van der Waals surface area (Å²) >= 11 is 0. The van der Waals surface area contributed by atoms with E-state index in [9.17, 15) is 5.26 Å². The average Bonchev–Trinajstić information content (AvgIpc) is 3.49. The van der Waals surface area contributed by atoms with Gasteiger partial charge in [0.2, 0.25) is 0 Å². The highest BCUT2D eigenvalue weighted by molar-refractivity contribution is 5.81. The van der Waals surface area contributed by atoms with Crippen molar-refractivity contribution in [3.05, 3.63) is 59.0 Å². The fourth-order valence-electron chi connectivity index (χ4n) is 4.61. The lowest BCUT2D eigenvalue weighted by atomic mass is 9.93. The van der Waals surface area contributed by atoms with Crippen LogP contribution in [0.1, 0.15) is 28.3 Å². The van der Waals surface area contributed by atoms with E-state index in [1.807, 2.05) is 29.6 Å². The zero-order chi connectivity index (χ0) is 21.1. The minimum Gasteiger partial charge on any atom is -0.493 e. The maximum Gasteiger partial charge on any atom is 0.161 e. The molecule has 0 spiro atoms. The number of ether oxygens (including phenoxy) is 2. The Labute approximate surface area is 178 Å². The van der Waals surface area contributed by atoms with Gasteiger partial charge in [0.25, 0.3) is 0 Å².